The second kappa shape index (κ2) is 9.28. The standard InChI is InChI=1S/C20H18F3N5O3/c1-12-5-7-14(8-6-12)25-19-27-16(26-18(24)28-19)10-31-17(29)11-30-15-4-2-3-13(9-15)20(21,22)23/h2-9H,10-11H2,1H3,(H3,24,25,26,27,28). The average Bonchev–Trinajstić information content (AvgIpc) is 2.72. The zero-order valence-corrected chi connectivity index (χ0v) is 16.3. The van der Waals surface area contributed by atoms with Gasteiger partial charge in [-0.2, -0.15) is 28.1 Å². The first-order chi connectivity index (χ1) is 14.7. The summed E-state index contributed by atoms with van der Waals surface area (Å²) in [4.78, 5) is 23.9. The smallest absolute Gasteiger partial charge is 0.416 e. The lowest BCUT2D eigenvalue weighted by Crippen LogP contribution is -2.16. The highest BCUT2D eigenvalue weighted by molar-refractivity contribution is 5.71. The molecule has 0 saturated heterocycles. The van der Waals surface area contributed by atoms with Gasteiger partial charge >= 0.3 is 12.1 Å². The van der Waals surface area contributed by atoms with E-state index in [1.165, 1.54) is 12.1 Å². The number of nitrogens with one attached hydrogen (secondary N) is 1. The Hall–Kier alpha value is -3.89. The van der Waals surface area contributed by atoms with E-state index in [-0.39, 0.29) is 30.1 Å². The number of nitrogens with zero attached hydrogens (tertiary/aromatic N) is 3. The topological polar surface area (TPSA) is 112 Å². The van der Waals surface area contributed by atoms with Crippen LogP contribution >= 0.6 is 0 Å². The van der Waals surface area contributed by atoms with E-state index in [4.69, 9.17) is 15.2 Å². The molecule has 0 radical (unpaired) electrons. The molecule has 0 aliphatic rings. The van der Waals surface area contributed by atoms with Gasteiger partial charge in [0, 0.05) is 5.69 Å². The number of hydrogen-bond acceptors (Lipinski definition) is 8. The van der Waals surface area contributed by atoms with Gasteiger partial charge < -0.3 is 20.5 Å². The SMILES string of the molecule is Cc1ccc(Nc2nc(N)nc(COC(=O)COc3cccc(C(F)(F)F)c3)n2)cc1. The highest BCUT2D eigenvalue weighted by atomic mass is 19.4. The molecule has 8 nitrogen and oxygen atoms in total. The molecule has 0 spiro atoms. The first kappa shape index (κ1) is 21.8. The third kappa shape index (κ3) is 6.56. The van der Waals surface area contributed by atoms with Crippen molar-refractivity contribution in [1.82, 2.24) is 15.0 Å². The summed E-state index contributed by atoms with van der Waals surface area (Å²) in [6.45, 7) is 1.05. The Kier molecular flexibility index (Phi) is 6.53. The van der Waals surface area contributed by atoms with Crippen LogP contribution in [0, 0.1) is 6.92 Å². The third-order valence-electron chi connectivity index (χ3n) is 3.89. The summed E-state index contributed by atoms with van der Waals surface area (Å²) in [6.07, 6.45) is -4.51. The second-order valence-electron chi connectivity index (χ2n) is 6.40. The van der Waals surface area contributed by atoms with Crippen molar-refractivity contribution in [1.29, 1.82) is 0 Å². The molecule has 0 aliphatic carbocycles. The number of anilines is 3. The Morgan fingerprint density at radius 3 is 2.55 bits per heavy atom. The van der Waals surface area contributed by atoms with Crippen LogP contribution < -0.4 is 15.8 Å². The second-order valence-corrected chi connectivity index (χ2v) is 6.40. The number of ether oxygens (including phenoxy) is 2. The number of aryl methyl sites for hydroxylation is 1. The Bertz CT molecular complexity index is 1060. The number of rotatable bonds is 7. The molecule has 0 unspecified atom stereocenters. The minimum atomic E-state index is -4.51. The van der Waals surface area contributed by atoms with Crippen molar-refractivity contribution in [3.63, 3.8) is 0 Å². The number of carbonyl (C=O) groups is 1. The molecule has 31 heavy (non-hydrogen) atoms. The lowest BCUT2D eigenvalue weighted by atomic mass is 10.2. The van der Waals surface area contributed by atoms with Crippen LogP contribution in [0.5, 0.6) is 5.75 Å². The summed E-state index contributed by atoms with van der Waals surface area (Å²) >= 11 is 0. The summed E-state index contributed by atoms with van der Waals surface area (Å²) in [6, 6.07) is 11.7. The number of esters is 1. The molecule has 0 fully saturated rings. The quantitative estimate of drug-likeness (QED) is 0.543. The van der Waals surface area contributed by atoms with Crippen molar-refractivity contribution in [2.45, 2.75) is 19.7 Å². The van der Waals surface area contributed by atoms with Crippen molar-refractivity contribution in [3.8, 4) is 5.75 Å². The largest absolute Gasteiger partial charge is 0.482 e. The van der Waals surface area contributed by atoms with Crippen molar-refractivity contribution in [2.24, 2.45) is 0 Å². The molecule has 162 valence electrons. The van der Waals surface area contributed by atoms with Gasteiger partial charge in [0.15, 0.2) is 19.0 Å². The fourth-order valence-corrected chi connectivity index (χ4v) is 2.42. The molecule has 3 N–H and O–H groups in total. The van der Waals surface area contributed by atoms with Crippen LogP contribution in [0.4, 0.5) is 30.8 Å². The number of carbonyl (C=O) groups excluding carboxylic acids is 1. The zero-order chi connectivity index (χ0) is 22.4. The molecule has 11 heteroatoms. The summed E-state index contributed by atoms with van der Waals surface area (Å²) < 4.78 is 48.2. The van der Waals surface area contributed by atoms with Gasteiger partial charge in [-0.1, -0.05) is 23.8 Å². The van der Waals surface area contributed by atoms with Gasteiger partial charge in [0.25, 0.3) is 0 Å². The maximum atomic E-state index is 12.7. The van der Waals surface area contributed by atoms with E-state index in [9.17, 15) is 18.0 Å². The molecule has 0 amide bonds. The molecule has 0 aliphatic heterocycles. The molecule has 0 atom stereocenters. The first-order valence-electron chi connectivity index (χ1n) is 8.99. The van der Waals surface area contributed by atoms with Gasteiger partial charge in [0.2, 0.25) is 11.9 Å². The number of alkyl halides is 3. The monoisotopic (exact) mass is 433 g/mol. The highest BCUT2D eigenvalue weighted by Gasteiger charge is 2.30. The van der Waals surface area contributed by atoms with Crippen molar-refractivity contribution < 1.29 is 27.4 Å². The molecule has 0 bridgehead atoms. The van der Waals surface area contributed by atoms with Gasteiger partial charge in [-0.25, -0.2) is 4.79 Å². The minimum Gasteiger partial charge on any atom is -0.482 e. The molecule has 1 aromatic heterocycles. The predicted octanol–water partition coefficient (Wildman–Crippen LogP) is 3.65. The molecule has 3 aromatic rings. The van der Waals surface area contributed by atoms with E-state index >= 15 is 0 Å². The van der Waals surface area contributed by atoms with Crippen LogP contribution in [0.3, 0.4) is 0 Å². The Morgan fingerprint density at radius 1 is 1.10 bits per heavy atom. The van der Waals surface area contributed by atoms with Crippen LogP contribution in [0.2, 0.25) is 0 Å². The Labute approximate surface area is 175 Å². The summed E-state index contributed by atoms with van der Waals surface area (Å²) in [7, 11) is 0. The van der Waals surface area contributed by atoms with Gasteiger partial charge in [0.05, 0.1) is 5.56 Å². The summed E-state index contributed by atoms with van der Waals surface area (Å²) in [5.74, 6) is -0.738. The maximum Gasteiger partial charge on any atom is 0.416 e. The molecule has 2 aromatic carbocycles. The zero-order valence-electron chi connectivity index (χ0n) is 16.3. The number of nitrogen functional groups attached to an aromatic ring is 1. The van der Waals surface area contributed by atoms with Gasteiger partial charge in [-0.3, -0.25) is 0 Å². The van der Waals surface area contributed by atoms with Gasteiger partial charge in [-0.15, -0.1) is 0 Å². The van der Waals surface area contributed by atoms with Gasteiger partial charge in [-0.05, 0) is 37.3 Å². The Balaban J connectivity index is 1.55. The Morgan fingerprint density at radius 2 is 1.84 bits per heavy atom. The van der Waals surface area contributed by atoms with Crippen molar-refractivity contribution >= 4 is 23.6 Å². The van der Waals surface area contributed by atoms with Crippen LogP contribution in [0.25, 0.3) is 0 Å². The summed E-state index contributed by atoms with van der Waals surface area (Å²) in [5, 5.41) is 2.96. The van der Waals surface area contributed by atoms with E-state index in [0.29, 0.717) is 0 Å². The van der Waals surface area contributed by atoms with Crippen molar-refractivity contribution in [2.75, 3.05) is 17.7 Å². The first-order valence-corrected chi connectivity index (χ1v) is 8.99. The number of halogens is 3. The van der Waals surface area contributed by atoms with E-state index in [1.54, 1.807) is 0 Å². The van der Waals surface area contributed by atoms with Crippen LogP contribution in [0.1, 0.15) is 17.0 Å². The third-order valence-corrected chi connectivity index (χ3v) is 3.89. The minimum absolute atomic E-state index is 0.0733. The summed E-state index contributed by atoms with van der Waals surface area (Å²) in [5.41, 5.74) is 6.60. The fraction of sp³-hybridized carbons (Fsp3) is 0.200. The lowest BCUT2D eigenvalue weighted by molar-refractivity contribution is -0.147. The highest BCUT2D eigenvalue weighted by Crippen LogP contribution is 2.31. The molecule has 0 saturated carbocycles. The van der Waals surface area contributed by atoms with E-state index in [2.05, 4.69) is 20.3 Å². The number of hydrogen-bond donors (Lipinski definition) is 2. The average molecular weight is 433 g/mol. The molecular formula is C20H18F3N5O3. The van der Waals surface area contributed by atoms with E-state index in [0.717, 1.165) is 23.4 Å². The van der Waals surface area contributed by atoms with E-state index in [1.807, 2.05) is 31.2 Å². The number of aromatic nitrogens is 3. The lowest BCUT2D eigenvalue weighted by Gasteiger charge is -2.10. The van der Waals surface area contributed by atoms with Crippen molar-refractivity contribution in [3.05, 3.63) is 65.5 Å². The maximum absolute atomic E-state index is 12.7. The van der Waals surface area contributed by atoms with E-state index < -0.39 is 24.3 Å². The number of benzene rings is 2. The van der Waals surface area contributed by atoms with Crippen LogP contribution in [0.15, 0.2) is 48.5 Å². The normalized spacial score (nSPS) is 11.1. The fourth-order valence-electron chi connectivity index (χ4n) is 2.42. The molecule has 1 heterocycles. The van der Waals surface area contributed by atoms with Gasteiger partial charge in [0.1, 0.15) is 5.75 Å². The molecule has 3 rings (SSSR count). The van der Waals surface area contributed by atoms with Crippen LogP contribution in [-0.4, -0.2) is 27.5 Å². The number of nitrogens with two attached hydrogens (primary N) is 1. The molecular weight excluding hydrogens is 415 g/mol. The van der Waals surface area contributed by atoms with Crippen LogP contribution in [-0.2, 0) is 22.3 Å². The predicted molar refractivity (Wildman–Crippen MR) is 105 cm³/mol.